The molecule has 0 spiro atoms. The predicted octanol–water partition coefficient (Wildman–Crippen LogP) is 2.33. The number of nitrogens with one attached hydrogen (secondary N) is 2. The summed E-state index contributed by atoms with van der Waals surface area (Å²) in [7, 11) is 3.74. The van der Waals surface area contributed by atoms with Crippen molar-refractivity contribution in [3.05, 3.63) is 18.2 Å². The molecule has 10 nitrogen and oxygen atoms in total. The molecule has 2 N–H and O–H groups in total. The lowest BCUT2D eigenvalue weighted by molar-refractivity contribution is -0.134. The Kier molecular flexibility index (Phi) is 7.68. The van der Waals surface area contributed by atoms with E-state index < -0.39 is 17.6 Å². The maximum atomic E-state index is 12.3. The van der Waals surface area contributed by atoms with E-state index in [4.69, 9.17) is 4.74 Å². The standard InChI is InChI=1S/C24H35N5O5/c1-24(2,3)34-23(33)28-12-10-16(11-13-28)25-17-6-7-18(20(14-17)27(4)5)29(15-30)19-8-9-21(31)26-22(19)32/h6-7,14-16,19,25H,8-13H2,1-5H3,(H,26,31,32). The van der Waals surface area contributed by atoms with Gasteiger partial charge in [-0.25, -0.2) is 4.79 Å². The average molecular weight is 474 g/mol. The van der Waals surface area contributed by atoms with Crippen LogP contribution < -0.4 is 20.4 Å². The number of ether oxygens (including phenoxy) is 1. The average Bonchev–Trinajstić information content (AvgIpc) is 2.75. The van der Waals surface area contributed by atoms with Crippen LogP contribution in [0.2, 0.25) is 0 Å². The highest BCUT2D eigenvalue weighted by molar-refractivity contribution is 6.04. The Morgan fingerprint density at radius 3 is 2.38 bits per heavy atom. The van der Waals surface area contributed by atoms with Gasteiger partial charge in [0.15, 0.2) is 0 Å². The summed E-state index contributed by atoms with van der Waals surface area (Å²) in [5.41, 5.74) is 1.74. The first-order valence-corrected chi connectivity index (χ1v) is 11.6. The van der Waals surface area contributed by atoms with Gasteiger partial charge in [-0.2, -0.15) is 0 Å². The van der Waals surface area contributed by atoms with Gasteiger partial charge in [0.25, 0.3) is 0 Å². The molecule has 2 aliphatic rings. The smallest absolute Gasteiger partial charge is 0.410 e. The molecule has 186 valence electrons. The zero-order valence-corrected chi connectivity index (χ0v) is 20.6. The summed E-state index contributed by atoms with van der Waals surface area (Å²) in [6.45, 7) is 6.80. The van der Waals surface area contributed by atoms with Gasteiger partial charge in [0.2, 0.25) is 18.2 Å². The third-order valence-corrected chi connectivity index (χ3v) is 5.91. The van der Waals surface area contributed by atoms with Gasteiger partial charge in [-0.1, -0.05) is 0 Å². The van der Waals surface area contributed by atoms with E-state index in [9.17, 15) is 19.2 Å². The lowest BCUT2D eigenvalue weighted by Gasteiger charge is -2.35. The first-order valence-electron chi connectivity index (χ1n) is 11.6. The van der Waals surface area contributed by atoms with Crippen LogP contribution in [0.1, 0.15) is 46.5 Å². The second-order valence-electron chi connectivity index (χ2n) is 9.96. The highest BCUT2D eigenvalue weighted by Gasteiger charge is 2.33. The maximum Gasteiger partial charge on any atom is 0.410 e. The van der Waals surface area contributed by atoms with Crippen molar-refractivity contribution in [3.8, 4) is 0 Å². The number of hydrogen-bond donors (Lipinski definition) is 2. The molecule has 1 aromatic carbocycles. The fourth-order valence-corrected chi connectivity index (χ4v) is 4.20. The molecule has 1 atom stereocenters. The summed E-state index contributed by atoms with van der Waals surface area (Å²) in [6, 6.07) is 5.09. The Bertz CT molecular complexity index is 934. The molecule has 0 bridgehead atoms. The number of piperidine rings is 2. The van der Waals surface area contributed by atoms with E-state index in [1.54, 1.807) is 4.90 Å². The Balaban J connectivity index is 1.69. The summed E-state index contributed by atoms with van der Waals surface area (Å²) in [5, 5.41) is 5.84. The highest BCUT2D eigenvalue weighted by Crippen LogP contribution is 2.34. The minimum atomic E-state index is -0.732. The van der Waals surface area contributed by atoms with Crippen molar-refractivity contribution in [1.82, 2.24) is 10.2 Å². The van der Waals surface area contributed by atoms with E-state index >= 15 is 0 Å². The number of benzene rings is 1. The zero-order chi connectivity index (χ0) is 25.0. The number of imide groups is 1. The van der Waals surface area contributed by atoms with Crippen LogP contribution in [0, 0.1) is 0 Å². The molecule has 2 heterocycles. The van der Waals surface area contributed by atoms with E-state index in [1.807, 2.05) is 58.0 Å². The second kappa shape index (κ2) is 10.3. The van der Waals surface area contributed by atoms with E-state index in [1.165, 1.54) is 4.90 Å². The van der Waals surface area contributed by atoms with Gasteiger partial charge >= 0.3 is 6.09 Å². The molecule has 2 saturated heterocycles. The van der Waals surface area contributed by atoms with Crippen LogP contribution in [0.4, 0.5) is 21.9 Å². The van der Waals surface area contributed by atoms with Crippen molar-refractivity contribution in [2.45, 2.75) is 64.1 Å². The molecule has 0 aromatic heterocycles. The summed E-state index contributed by atoms with van der Waals surface area (Å²) in [6.07, 6.45) is 2.41. The van der Waals surface area contributed by atoms with Crippen molar-refractivity contribution in [2.24, 2.45) is 0 Å². The molecule has 0 saturated carbocycles. The number of rotatable bonds is 6. The molecular weight excluding hydrogens is 438 g/mol. The SMILES string of the molecule is CN(C)c1cc(NC2CCN(C(=O)OC(C)(C)C)CC2)ccc1N(C=O)C1CCC(=O)NC1=O. The Morgan fingerprint density at radius 1 is 1.15 bits per heavy atom. The van der Waals surface area contributed by atoms with Crippen LogP contribution in [0.5, 0.6) is 0 Å². The van der Waals surface area contributed by atoms with E-state index in [2.05, 4.69) is 10.6 Å². The topological polar surface area (TPSA) is 111 Å². The van der Waals surface area contributed by atoms with Gasteiger partial charge in [-0.3, -0.25) is 19.7 Å². The van der Waals surface area contributed by atoms with Crippen molar-refractivity contribution >= 4 is 41.4 Å². The normalized spacial score (nSPS) is 19.3. The molecule has 0 aliphatic carbocycles. The lowest BCUT2D eigenvalue weighted by Crippen LogP contribution is -2.52. The molecule has 34 heavy (non-hydrogen) atoms. The van der Waals surface area contributed by atoms with Crippen LogP contribution in [-0.2, 0) is 19.1 Å². The molecule has 1 aromatic rings. The van der Waals surface area contributed by atoms with Gasteiger partial charge in [0.05, 0.1) is 11.4 Å². The first kappa shape index (κ1) is 25.3. The van der Waals surface area contributed by atoms with E-state index in [0.717, 1.165) is 24.2 Å². The molecule has 3 rings (SSSR count). The first-order chi connectivity index (χ1) is 16.0. The van der Waals surface area contributed by atoms with Crippen LogP contribution in [0.25, 0.3) is 0 Å². The minimum absolute atomic E-state index is 0.192. The molecule has 2 fully saturated rings. The monoisotopic (exact) mass is 473 g/mol. The molecule has 1 unspecified atom stereocenters. The highest BCUT2D eigenvalue weighted by atomic mass is 16.6. The predicted molar refractivity (Wildman–Crippen MR) is 130 cm³/mol. The second-order valence-corrected chi connectivity index (χ2v) is 9.96. The largest absolute Gasteiger partial charge is 0.444 e. The van der Waals surface area contributed by atoms with Crippen molar-refractivity contribution in [2.75, 3.05) is 42.3 Å². The van der Waals surface area contributed by atoms with Gasteiger partial charge in [-0.05, 0) is 58.2 Å². The van der Waals surface area contributed by atoms with Crippen molar-refractivity contribution < 1.29 is 23.9 Å². The minimum Gasteiger partial charge on any atom is -0.444 e. The zero-order valence-electron chi connectivity index (χ0n) is 20.6. The third kappa shape index (κ3) is 6.18. The van der Waals surface area contributed by atoms with Crippen molar-refractivity contribution in [1.29, 1.82) is 0 Å². The summed E-state index contributed by atoms with van der Waals surface area (Å²) in [4.78, 5) is 53.1. The number of amides is 4. The van der Waals surface area contributed by atoms with Crippen LogP contribution in [0.3, 0.4) is 0 Å². The Hall–Kier alpha value is -3.30. The number of carbonyl (C=O) groups excluding carboxylic acids is 4. The van der Waals surface area contributed by atoms with Crippen LogP contribution in [-0.4, -0.2) is 74.1 Å². The van der Waals surface area contributed by atoms with Crippen molar-refractivity contribution in [3.63, 3.8) is 0 Å². The van der Waals surface area contributed by atoms with Gasteiger partial charge < -0.3 is 24.8 Å². The summed E-state index contributed by atoms with van der Waals surface area (Å²) >= 11 is 0. The molecule has 10 heteroatoms. The number of nitrogens with zero attached hydrogens (tertiary/aromatic N) is 3. The number of anilines is 3. The quantitative estimate of drug-likeness (QED) is 0.482. The lowest BCUT2D eigenvalue weighted by atomic mass is 10.0. The molecule has 4 amide bonds. The van der Waals surface area contributed by atoms with Gasteiger partial charge in [0, 0.05) is 45.3 Å². The number of carbonyl (C=O) groups is 4. The van der Waals surface area contributed by atoms with E-state index in [0.29, 0.717) is 25.2 Å². The Labute approximate surface area is 200 Å². The molecule has 2 aliphatic heterocycles. The summed E-state index contributed by atoms with van der Waals surface area (Å²) in [5.74, 6) is -0.788. The molecule has 0 radical (unpaired) electrons. The van der Waals surface area contributed by atoms with Crippen LogP contribution in [0.15, 0.2) is 18.2 Å². The fourth-order valence-electron chi connectivity index (χ4n) is 4.20. The van der Waals surface area contributed by atoms with Crippen LogP contribution >= 0.6 is 0 Å². The van der Waals surface area contributed by atoms with E-state index in [-0.39, 0.29) is 30.9 Å². The summed E-state index contributed by atoms with van der Waals surface area (Å²) < 4.78 is 5.46. The fraction of sp³-hybridized carbons (Fsp3) is 0.583. The van der Waals surface area contributed by atoms with Gasteiger partial charge in [-0.15, -0.1) is 0 Å². The third-order valence-electron chi connectivity index (χ3n) is 5.91. The maximum absolute atomic E-state index is 12.3. The number of likely N-dealkylation sites (tertiary alicyclic amines) is 1. The molecular formula is C24H35N5O5. The Morgan fingerprint density at radius 2 is 1.82 bits per heavy atom. The number of hydrogen-bond acceptors (Lipinski definition) is 7. The van der Waals surface area contributed by atoms with Gasteiger partial charge in [0.1, 0.15) is 11.6 Å².